The van der Waals surface area contributed by atoms with Crippen molar-refractivity contribution in [2.24, 2.45) is 5.92 Å². The van der Waals surface area contributed by atoms with Crippen LogP contribution >= 0.6 is 23.1 Å². The van der Waals surface area contributed by atoms with Gasteiger partial charge in [-0.05, 0) is 67.9 Å². The predicted molar refractivity (Wildman–Crippen MR) is 155 cm³/mol. The van der Waals surface area contributed by atoms with Crippen LogP contribution in [0.1, 0.15) is 71.6 Å². The predicted octanol–water partition coefficient (Wildman–Crippen LogP) is 7.26. The van der Waals surface area contributed by atoms with Crippen LogP contribution in [0.5, 0.6) is 0 Å². The van der Waals surface area contributed by atoms with E-state index in [-0.39, 0.29) is 24.4 Å². The third-order valence-corrected chi connectivity index (χ3v) is 8.84. The number of rotatable bonds is 10. The van der Waals surface area contributed by atoms with E-state index in [2.05, 4.69) is 17.6 Å². The molecule has 0 bridgehead atoms. The summed E-state index contributed by atoms with van der Waals surface area (Å²) < 4.78 is 5.38. The molecule has 2 aromatic carbocycles. The number of carbonyl (C=O) groups is 3. The van der Waals surface area contributed by atoms with Crippen molar-refractivity contribution in [2.45, 2.75) is 63.0 Å². The fourth-order valence-corrected chi connectivity index (χ4v) is 7.06. The Labute approximate surface area is 232 Å². The molecule has 2 amide bonds. The van der Waals surface area contributed by atoms with Gasteiger partial charge in [0.05, 0.1) is 12.2 Å². The first-order valence-electron chi connectivity index (χ1n) is 13.1. The van der Waals surface area contributed by atoms with E-state index in [1.54, 1.807) is 6.92 Å². The van der Waals surface area contributed by atoms with E-state index in [0.717, 1.165) is 46.6 Å². The number of fused-ring (bicyclic) bond motifs is 1. The third-order valence-electron chi connectivity index (χ3n) is 6.42. The zero-order chi connectivity index (χ0) is 27.1. The van der Waals surface area contributed by atoms with E-state index in [1.165, 1.54) is 23.1 Å². The molecule has 0 fully saturated rings. The van der Waals surface area contributed by atoms with E-state index in [1.807, 2.05) is 61.5 Å². The second-order valence-corrected chi connectivity index (χ2v) is 11.8. The smallest absolute Gasteiger partial charge is 0.341 e. The summed E-state index contributed by atoms with van der Waals surface area (Å²) in [6.45, 7) is 6.25. The Morgan fingerprint density at radius 2 is 1.87 bits per heavy atom. The minimum absolute atomic E-state index is 0.0329. The molecule has 3 aromatic rings. The lowest BCUT2D eigenvalue weighted by Gasteiger charge is -2.19. The number of hydrogen-bond acceptors (Lipinski definition) is 6. The van der Waals surface area contributed by atoms with Gasteiger partial charge in [0.15, 0.2) is 0 Å². The Bertz CT molecular complexity index is 1290. The molecule has 0 aliphatic heterocycles. The van der Waals surface area contributed by atoms with Gasteiger partial charge in [-0.15, -0.1) is 23.1 Å². The maximum Gasteiger partial charge on any atom is 0.341 e. The standard InChI is InChI=1S/C30H34N2O4S2/c1-4-10-25(33)31-21-13-9-14-22(18-21)37-27(20-11-7-6-8-12-20)28(34)32-29-26(30(35)36-5-2)23-16-15-19(3)17-24(23)38-29/h6-9,11-14,18-19,27H,4-5,10,15-17H2,1-3H3,(H,31,33)(H,32,34). The van der Waals surface area contributed by atoms with Gasteiger partial charge in [0, 0.05) is 21.9 Å². The largest absolute Gasteiger partial charge is 0.462 e. The summed E-state index contributed by atoms with van der Waals surface area (Å²) in [7, 11) is 0. The minimum atomic E-state index is -0.564. The topological polar surface area (TPSA) is 84.5 Å². The molecule has 4 rings (SSSR count). The van der Waals surface area contributed by atoms with Crippen molar-refractivity contribution in [3.8, 4) is 0 Å². The first kappa shape index (κ1) is 27.9. The molecule has 0 saturated heterocycles. The third kappa shape index (κ3) is 6.85. The number of thiophene rings is 1. The second kappa shape index (κ2) is 13.1. The number of nitrogens with one attached hydrogen (secondary N) is 2. The van der Waals surface area contributed by atoms with Gasteiger partial charge in [-0.2, -0.15) is 0 Å². The normalized spacial score (nSPS) is 15.3. The molecule has 8 heteroatoms. The van der Waals surface area contributed by atoms with Gasteiger partial charge in [-0.3, -0.25) is 9.59 Å². The summed E-state index contributed by atoms with van der Waals surface area (Å²) in [5, 5.41) is 6.02. The van der Waals surface area contributed by atoms with E-state index in [9.17, 15) is 14.4 Å². The number of esters is 1. The molecule has 2 N–H and O–H groups in total. The maximum atomic E-state index is 13.8. The molecular weight excluding hydrogens is 516 g/mol. The van der Waals surface area contributed by atoms with Crippen molar-refractivity contribution < 1.29 is 19.1 Å². The number of carbonyl (C=O) groups excluding carboxylic acids is 3. The lowest BCUT2D eigenvalue weighted by molar-refractivity contribution is -0.116. The number of anilines is 2. The van der Waals surface area contributed by atoms with Gasteiger partial charge in [0.2, 0.25) is 11.8 Å². The summed E-state index contributed by atoms with van der Waals surface area (Å²) in [5.41, 5.74) is 3.07. The van der Waals surface area contributed by atoms with Crippen LogP contribution in [-0.4, -0.2) is 24.4 Å². The average Bonchev–Trinajstić information content (AvgIpc) is 3.25. The highest BCUT2D eigenvalue weighted by molar-refractivity contribution is 8.00. The Morgan fingerprint density at radius 3 is 2.61 bits per heavy atom. The number of benzene rings is 2. The zero-order valence-electron chi connectivity index (χ0n) is 22.0. The van der Waals surface area contributed by atoms with E-state index >= 15 is 0 Å². The van der Waals surface area contributed by atoms with Gasteiger partial charge in [-0.1, -0.05) is 50.2 Å². The van der Waals surface area contributed by atoms with Crippen molar-refractivity contribution in [3.63, 3.8) is 0 Å². The van der Waals surface area contributed by atoms with E-state index < -0.39 is 5.25 Å². The SMILES string of the molecule is CCCC(=O)Nc1cccc(SC(C(=O)Nc2sc3c(c2C(=O)OCC)CCC(C)C3)c2ccccc2)c1. The first-order valence-corrected chi connectivity index (χ1v) is 14.8. The Balaban J connectivity index is 1.62. The van der Waals surface area contributed by atoms with Crippen molar-refractivity contribution >= 4 is 51.6 Å². The van der Waals surface area contributed by atoms with Crippen LogP contribution in [0, 0.1) is 5.92 Å². The molecule has 200 valence electrons. The molecule has 0 spiro atoms. The van der Waals surface area contributed by atoms with Gasteiger partial charge >= 0.3 is 5.97 Å². The quantitative estimate of drug-likeness (QED) is 0.205. The molecule has 1 heterocycles. The molecule has 2 unspecified atom stereocenters. The van der Waals surface area contributed by atoms with Gasteiger partial charge in [-0.25, -0.2) is 4.79 Å². The van der Waals surface area contributed by atoms with E-state index in [0.29, 0.717) is 28.6 Å². The van der Waals surface area contributed by atoms with Crippen LogP contribution in [0.25, 0.3) is 0 Å². The first-order chi connectivity index (χ1) is 18.4. The van der Waals surface area contributed by atoms with Gasteiger partial charge < -0.3 is 15.4 Å². The summed E-state index contributed by atoms with van der Waals surface area (Å²) >= 11 is 2.90. The molecular formula is C30H34N2O4S2. The fourth-order valence-electron chi connectivity index (χ4n) is 4.57. The number of amides is 2. The average molecular weight is 551 g/mol. The summed E-state index contributed by atoms with van der Waals surface area (Å²) in [4.78, 5) is 40.9. The van der Waals surface area contributed by atoms with Crippen molar-refractivity contribution in [3.05, 3.63) is 76.2 Å². The maximum absolute atomic E-state index is 13.8. The zero-order valence-corrected chi connectivity index (χ0v) is 23.7. The molecule has 1 aliphatic rings. The number of hydrogen-bond donors (Lipinski definition) is 2. The lowest BCUT2D eigenvalue weighted by atomic mass is 9.88. The Hall–Kier alpha value is -3.10. The van der Waals surface area contributed by atoms with Crippen LogP contribution in [0.2, 0.25) is 0 Å². The summed E-state index contributed by atoms with van der Waals surface area (Å²) in [6.07, 6.45) is 3.95. The Morgan fingerprint density at radius 1 is 1.08 bits per heavy atom. The van der Waals surface area contributed by atoms with Crippen LogP contribution in [0.4, 0.5) is 10.7 Å². The molecule has 0 radical (unpaired) electrons. The monoisotopic (exact) mass is 550 g/mol. The summed E-state index contributed by atoms with van der Waals surface area (Å²) in [5.74, 6) is -0.0833. The highest BCUT2D eigenvalue weighted by atomic mass is 32.2. The Kier molecular flexibility index (Phi) is 9.63. The molecule has 38 heavy (non-hydrogen) atoms. The molecule has 0 saturated carbocycles. The fraction of sp³-hybridized carbons (Fsp3) is 0.367. The van der Waals surface area contributed by atoms with Crippen molar-refractivity contribution in [1.82, 2.24) is 0 Å². The molecule has 1 aromatic heterocycles. The molecule has 2 atom stereocenters. The summed E-state index contributed by atoms with van der Waals surface area (Å²) in [6, 6.07) is 17.1. The van der Waals surface area contributed by atoms with Crippen LogP contribution < -0.4 is 10.6 Å². The number of ether oxygens (including phenoxy) is 1. The van der Waals surface area contributed by atoms with Crippen LogP contribution in [0.3, 0.4) is 0 Å². The molecule has 6 nitrogen and oxygen atoms in total. The second-order valence-electron chi connectivity index (χ2n) is 9.50. The van der Waals surface area contributed by atoms with Crippen molar-refractivity contribution in [1.29, 1.82) is 0 Å². The van der Waals surface area contributed by atoms with E-state index in [4.69, 9.17) is 4.74 Å². The van der Waals surface area contributed by atoms with Crippen molar-refractivity contribution in [2.75, 3.05) is 17.2 Å². The molecule has 1 aliphatic carbocycles. The number of thioether (sulfide) groups is 1. The van der Waals surface area contributed by atoms with Crippen LogP contribution in [-0.2, 0) is 27.2 Å². The highest BCUT2D eigenvalue weighted by Crippen LogP contribution is 2.42. The van der Waals surface area contributed by atoms with Gasteiger partial charge in [0.1, 0.15) is 10.3 Å². The minimum Gasteiger partial charge on any atom is -0.462 e. The van der Waals surface area contributed by atoms with Crippen LogP contribution in [0.15, 0.2) is 59.5 Å². The lowest BCUT2D eigenvalue weighted by Crippen LogP contribution is -2.20. The van der Waals surface area contributed by atoms with Gasteiger partial charge in [0.25, 0.3) is 0 Å². The highest BCUT2D eigenvalue weighted by Gasteiger charge is 2.31.